The van der Waals surface area contributed by atoms with Gasteiger partial charge in [-0.3, -0.25) is 9.58 Å². The van der Waals surface area contributed by atoms with Crippen LogP contribution in [0.5, 0.6) is 0 Å². The summed E-state index contributed by atoms with van der Waals surface area (Å²) in [6, 6.07) is 2.29. The first-order valence-corrected chi connectivity index (χ1v) is 9.66. The molecule has 0 aliphatic carbocycles. The van der Waals surface area contributed by atoms with Crippen molar-refractivity contribution in [3.63, 3.8) is 0 Å². The van der Waals surface area contributed by atoms with Gasteiger partial charge in [-0.1, -0.05) is 0 Å². The van der Waals surface area contributed by atoms with Crippen LogP contribution < -0.4 is 5.32 Å². The summed E-state index contributed by atoms with van der Waals surface area (Å²) < 4.78 is 2.18. The van der Waals surface area contributed by atoms with E-state index in [9.17, 15) is 0 Å². The molecule has 150 valence electrons. The average molecular weight is 405 g/mol. The van der Waals surface area contributed by atoms with Gasteiger partial charge in [-0.2, -0.15) is 5.10 Å². The number of likely N-dealkylation sites (tertiary alicyclic amines) is 1. The molecule has 0 aromatic carbocycles. The molecule has 0 bridgehead atoms. The molecule has 4 heterocycles. The molecule has 2 saturated heterocycles. The Balaban J connectivity index is 0.00000121. The number of nitrogens with one attached hydrogen (secondary N) is 1. The van der Waals surface area contributed by atoms with Crippen molar-refractivity contribution in [3.05, 3.63) is 17.5 Å². The number of fused-ring (bicyclic) bond motifs is 1. The van der Waals surface area contributed by atoms with E-state index in [0.717, 1.165) is 32.1 Å². The molecule has 1 N–H and O–H groups in total. The highest BCUT2D eigenvalue weighted by Gasteiger charge is 2.23. The summed E-state index contributed by atoms with van der Waals surface area (Å²) in [5.41, 5.74) is 2.59. The van der Waals surface area contributed by atoms with Crippen LogP contribution in [0.4, 0.5) is 0 Å². The van der Waals surface area contributed by atoms with Crippen LogP contribution in [-0.2, 0) is 19.6 Å². The lowest BCUT2D eigenvalue weighted by Crippen LogP contribution is -2.49. The molecule has 1 unspecified atom stereocenters. The highest BCUT2D eigenvalue weighted by molar-refractivity contribution is 5.85. The molecule has 3 aliphatic heterocycles. The molecule has 0 saturated carbocycles. The first-order chi connectivity index (χ1) is 11.8. The van der Waals surface area contributed by atoms with E-state index in [0.29, 0.717) is 0 Å². The summed E-state index contributed by atoms with van der Waals surface area (Å²) in [6.45, 7) is 12.7. The van der Waals surface area contributed by atoms with Crippen LogP contribution in [0.15, 0.2) is 6.07 Å². The van der Waals surface area contributed by atoms with Crippen LogP contribution in [0.1, 0.15) is 24.2 Å². The van der Waals surface area contributed by atoms with Crippen molar-refractivity contribution in [2.24, 2.45) is 5.92 Å². The molecule has 0 radical (unpaired) electrons. The fourth-order valence-corrected chi connectivity index (χ4v) is 4.48. The van der Waals surface area contributed by atoms with Crippen molar-refractivity contribution in [2.75, 3.05) is 59.4 Å². The maximum absolute atomic E-state index is 4.78. The summed E-state index contributed by atoms with van der Waals surface area (Å²) in [5, 5.41) is 8.20. The summed E-state index contributed by atoms with van der Waals surface area (Å²) >= 11 is 0. The van der Waals surface area contributed by atoms with Crippen molar-refractivity contribution in [1.29, 1.82) is 0 Å². The lowest BCUT2D eigenvalue weighted by atomic mass is 9.97. The zero-order valence-electron chi connectivity index (χ0n) is 15.9. The Labute approximate surface area is 170 Å². The maximum atomic E-state index is 4.78. The van der Waals surface area contributed by atoms with Gasteiger partial charge in [0.15, 0.2) is 0 Å². The second-order valence-corrected chi connectivity index (χ2v) is 7.87. The van der Waals surface area contributed by atoms with E-state index in [2.05, 4.69) is 37.8 Å². The molecule has 8 heteroatoms. The quantitative estimate of drug-likeness (QED) is 0.818. The number of halogens is 2. The van der Waals surface area contributed by atoms with E-state index in [1.165, 1.54) is 70.0 Å². The second kappa shape index (κ2) is 10.2. The third kappa shape index (κ3) is 5.57. The van der Waals surface area contributed by atoms with Crippen LogP contribution in [0.2, 0.25) is 0 Å². The van der Waals surface area contributed by atoms with Crippen LogP contribution in [0.3, 0.4) is 0 Å². The van der Waals surface area contributed by atoms with Gasteiger partial charge in [0.05, 0.1) is 17.9 Å². The van der Waals surface area contributed by atoms with Gasteiger partial charge < -0.3 is 15.1 Å². The molecule has 1 aromatic heterocycles. The maximum Gasteiger partial charge on any atom is 0.0768 e. The lowest BCUT2D eigenvalue weighted by Gasteiger charge is -2.38. The van der Waals surface area contributed by atoms with E-state index in [-0.39, 0.29) is 24.8 Å². The Morgan fingerprint density at radius 1 is 1.08 bits per heavy atom. The molecule has 1 aromatic rings. The van der Waals surface area contributed by atoms with E-state index in [4.69, 9.17) is 5.10 Å². The summed E-state index contributed by atoms with van der Waals surface area (Å²) in [6.07, 6.45) is 2.79. The molecule has 26 heavy (non-hydrogen) atoms. The van der Waals surface area contributed by atoms with E-state index in [1.807, 2.05) is 0 Å². The van der Waals surface area contributed by atoms with E-state index < -0.39 is 0 Å². The van der Waals surface area contributed by atoms with Crippen molar-refractivity contribution < 1.29 is 0 Å². The molecule has 4 rings (SSSR count). The highest BCUT2D eigenvalue weighted by atomic mass is 35.5. The molecular weight excluding hydrogens is 371 g/mol. The van der Waals surface area contributed by atoms with Gasteiger partial charge in [0, 0.05) is 58.9 Å². The Morgan fingerprint density at radius 2 is 1.85 bits per heavy atom. The standard InChI is InChI=1S/C18H32N6.2ClH/c1-21-5-2-3-16(13-21)14-22-7-9-23(10-8-22)15-17-11-18-12-19-4-6-24(18)20-17;;/h11,16,19H,2-10,12-15H2,1H3;2*1H. The highest BCUT2D eigenvalue weighted by Crippen LogP contribution is 2.18. The number of piperazine rings is 1. The van der Waals surface area contributed by atoms with Gasteiger partial charge in [-0.15, -0.1) is 24.8 Å². The number of piperidine rings is 1. The lowest BCUT2D eigenvalue weighted by molar-refractivity contribution is 0.0923. The molecule has 1 atom stereocenters. The number of nitrogens with zero attached hydrogens (tertiary/aromatic N) is 5. The van der Waals surface area contributed by atoms with Gasteiger partial charge >= 0.3 is 0 Å². The monoisotopic (exact) mass is 404 g/mol. The van der Waals surface area contributed by atoms with Crippen LogP contribution in [-0.4, -0.2) is 83.9 Å². The Kier molecular flexibility index (Phi) is 8.64. The smallest absolute Gasteiger partial charge is 0.0768 e. The first kappa shape index (κ1) is 21.9. The normalized spacial score (nSPS) is 25.2. The van der Waals surface area contributed by atoms with E-state index >= 15 is 0 Å². The van der Waals surface area contributed by atoms with Crippen molar-refractivity contribution in [3.8, 4) is 0 Å². The van der Waals surface area contributed by atoms with E-state index in [1.54, 1.807) is 0 Å². The second-order valence-electron chi connectivity index (χ2n) is 7.87. The van der Waals surface area contributed by atoms with Crippen LogP contribution in [0, 0.1) is 5.92 Å². The summed E-state index contributed by atoms with van der Waals surface area (Å²) in [4.78, 5) is 7.76. The van der Waals surface area contributed by atoms with Crippen molar-refractivity contribution in [1.82, 2.24) is 29.8 Å². The number of hydrogen-bond donors (Lipinski definition) is 1. The molecule has 0 amide bonds. The predicted molar refractivity (Wildman–Crippen MR) is 110 cm³/mol. The van der Waals surface area contributed by atoms with Gasteiger partial charge in [0.2, 0.25) is 0 Å². The minimum Gasteiger partial charge on any atom is -0.309 e. The Morgan fingerprint density at radius 3 is 2.58 bits per heavy atom. The van der Waals surface area contributed by atoms with Gasteiger partial charge in [0.25, 0.3) is 0 Å². The van der Waals surface area contributed by atoms with Crippen LogP contribution >= 0.6 is 24.8 Å². The molecule has 6 nitrogen and oxygen atoms in total. The minimum atomic E-state index is 0. The SMILES string of the molecule is CN1CCCC(CN2CCN(Cc3cc4n(n3)CCNC4)CC2)C1.Cl.Cl. The number of hydrogen-bond acceptors (Lipinski definition) is 5. The fraction of sp³-hybridized carbons (Fsp3) is 0.833. The summed E-state index contributed by atoms with van der Waals surface area (Å²) in [7, 11) is 2.27. The molecule has 0 spiro atoms. The number of rotatable bonds is 4. The largest absolute Gasteiger partial charge is 0.309 e. The average Bonchev–Trinajstić information content (AvgIpc) is 2.99. The zero-order valence-corrected chi connectivity index (χ0v) is 17.5. The molecule has 2 fully saturated rings. The molecule has 3 aliphatic rings. The molecular formula is C18H34Cl2N6. The fourth-order valence-electron chi connectivity index (χ4n) is 4.48. The van der Waals surface area contributed by atoms with Gasteiger partial charge in [0.1, 0.15) is 0 Å². The van der Waals surface area contributed by atoms with Gasteiger partial charge in [-0.25, -0.2) is 0 Å². The van der Waals surface area contributed by atoms with Crippen molar-refractivity contribution in [2.45, 2.75) is 32.5 Å². The van der Waals surface area contributed by atoms with Crippen LogP contribution in [0.25, 0.3) is 0 Å². The Hall–Kier alpha value is -0.370. The Bertz CT molecular complexity index is 520. The topological polar surface area (TPSA) is 39.6 Å². The third-order valence-electron chi connectivity index (χ3n) is 5.81. The predicted octanol–water partition coefficient (Wildman–Crippen LogP) is 1.29. The summed E-state index contributed by atoms with van der Waals surface area (Å²) in [5.74, 6) is 0.877. The first-order valence-electron chi connectivity index (χ1n) is 9.66. The van der Waals surface area contributed by atoms with Gasteiger partial charge in [-0.05, 0) is 38.4 Å². The zero-order chi connectivity index (χ0) is 16.4. The number of aromatic nitrogens is 2. The minimum absolute atomic E-state index is 0. The third-order valence-corrected chi connectivity index (χ3v) is 5.81. The van der Waals surface area contributed by atoms with Crippen molar-refractivity contribution >= 4 is 24.8 Å².